The Balaban J connectivity index is 1.99. The van der Waals surface area contributed by atoms with Crippen LogP contribution < -0.4 is 19.5 Å². The fourth-order valence-electron chi connectivity index (χ4n) is 3.25. The third-order valence-electron chi connectivity index (χ3n) is 4.64. The number of ether oxygens (including phenoxy) is 4. The summed E-state index contributed by atoms with van der Waals surface area (Å²) in [6, 6.07) is 3.60. The van der Waals surface area contributed by atoms with Gasteiger partial charge in [-0.25, -0.2) is 4.79 Å². The molecule has 1 aromatic rings. The average molecular weight is 408 g/mol. The van der Waals surface area contributed by atoms with Crippen LogP contribution in [0.2, 0.25) is 0 Å². The molecule has 0 unspecified atom stereocenters. The molecule has 2 amide bonds. The summed E-state index contributed by atoms with van der Waals surface area (Å²) in [6.45, 7) is 6.77. The van der Waals surface area contributed by atoms with Crippen molar-refractivity contribution in [3.05, 3.63) is 17.7 Å². The van der Waals surface area contributed by atoms with E-state index in [4.69, 9.17) is 18.9 Å². The summed E-state index contributed by atoms with van der Waals surface area (Å²) in [6.07, 6.45) is 1.13. The Morgan fingerprint density at radius 1 is 1.10 bits per heavy atom. The molecule has 0 aromatic heterocycles. The molecule has 1 aliphatic rings. The molecule has 0 radical (unpaired) electrons. The Bertz CT molecular complexity index is 703. The Kier molecular flexibility index (Phi) is 7.59. The van der Waals surface area contributed by atoms with Crippen molar-refractivity contribution in [2.75, 3.05) is 34.4 Å². The fraction of sp³-hybridized carbons (Fsp3) is 0.619. The summed E-state index contributed by atoms with van der Waals surface area (Å²) in [5.74, 6) is 1.21. The highest BCUT2D eigenvalue weighted by Crippen LogP contribution is 2.38. The number of piperidine rings is 1. The van der Waals surface area contributed by atoms with Crippen LogP contribution in [0.4, 0.5) is 4.79 Å². The molecule has 29 heavy (non-hydrogen) atoms. The lowest BCUT2D eigenvalue weighted by molar-refractivity contribution is -0.126. The lowest BCUT2D eigenvalue weighted by Crippen LogP contribution is -2.46. The highest BCUT2D eigenvalue weighted by atomic mass is 16.6. The van der Waals surface area contributed by atoms with E-state index in [1.54, 1.807) is 38.4 Å². The van der Waals surface area contributed by atoms with Crippen LogP contribution in [0.1, 0.15) is 39.2 Å². The predicted octanol–water partition coefficient (Wildman–Crippen LogP) is 2.98. The number of hydrogen-bond donors (Lipinski definition) is 1. The van der Waals surface area contributed by atoms with Crippen LogP contribution in [0.15, 0.2) is 12.1 Å². The van der Waals surface area contributed by atoms with Gasteiger partial charge in [0, 0.05) is 19.6 Å². The van der Waals surface area contributed by atoms with Gasteiger partial charge >= 0.3 is 6.09 Å². The number of nitrogens with zero attached hydrogens (tertiary/aromatic N) is 1. The van der Waals surface area contributed by atoms with Gasteiger partial charge in [-0.3, -0.25) is 4.79 Å². The summed E-state index contributed by atoms with van der Waals surface area (Å²) >= 11 is 0. The van der Waals surface area contributed by atoms with Crippen molar-refractivity contribution in [3.8, 4) is 17.2 Å². The van der Waals surface area contributed by atoms with Crippen molar-refractivity contribution in [1.82, 2.24) is 10.2 Å². The first-order valence-electron chi connectivity index (χ1n) is 9.73. The van der Waals surface area contributed by atoms with E-state index in [-0.39, 0.29) is 17.9 Å². The molecule has 1 aliphatic heterocycles. The number of nitrogens with one attached hydrogen (secondary N) is 1. The van der Waals surface area contributed by atoms with Crippen molar-refractivity contribution in [2.24, 2.45) is 5.92 Å². The summed E-state index contributed by atoms with van der Waals surface area (Å²) in [4.78, 5) is 26.6. The molecule has 1 atom stereocenters. The minimum atomic E-state index is -0.557. The van der Waals surface area contributed by atoms with Crippen LogP contribution in [-0.4, -0.2) is 56.9 Å². The molecule has 1 heterocycles. The van der Waals surface area contributed by atoms with E-state index in [1.165, 1.54) is 0 Å². The lowest BCUT2D eigenvalue weighted by atomic mass is 9.97. The molecule has 8 nitrogen and oxygen atoms in total. The third kappa shape index (κ3) is 6.17. The lowest BCUT2D eigenvalue weighted by Gasteiger charge is -2.33. The van der Waals surface area contributed by atoms with Crippen LogP contribution in [0.3, 0.4) is 0 Å². The Labute approximate surface area is 172 Å². The van der Waals surface area contributed by atoms with Gasteiger partial charge in [-0.05, 0) is 51.3 Å². The number of methoxy groups -OCH3 is 3. The maximum absolute atomic E-state index is 12.7. The highest BCUT2D eigenvalue weighted by molar-refractivity contribution is 5.80. The van der Waals surface area contributed by atoms with E-state index in [1.807, 2.05) is 20.8 Å². The first-order chi connectivity index (χ1) is 13.7. The maximum Gasteiger partial charge on any atom is 0.410 e. The molecular weight excluding hydrogens is 376 g/mol. The number of carbonyl (C=O) groups excluding carboxylic acids is 2. The van der Waals surface area contributed by atoms with E-state index in [9.17, 15) is 9.59 Å². The number of likely N-dealkylation sites (tertiary alicyclic amines) is 1. The third-order valence-corrected chi connectivity index (χ3v) is 4.64. The smallest absolute Gasteiger partial charge is 0.410 e. The van der Waals surface area contributed by atoms with E-state index in [0.717, 1.165) is 18.4 Å². The van der Waals surface area contributed by atoms with Crippen molar-refractivity contribution in [3.63, 3.8) is 0 Å². The van der Waals surface area contributed by atoms with E-state index >= 15 is 0 Å². The van der Waals surface area contributed by atoms with Crippen molar-refractivity contribution < 1.29 is 28.5 Å². The predicted molar refractivity (Wildman–Crippen MR) is 108 cm³/mol. The minimum absolute atomic E-state index is 0.0907. The van der Waals surface area contributed by atoms with Crippen LogP contribution >= 0.6 is 0 Å². The van der Waals surface area contributed by atoms with Gasteiger partial charge in [0.15, 0.2) is 11.5 Å². The zero-order valence-corrected chi connectivity index (χ0v) is 18.2. The normalized spacial score (nSPS) is 16.8. The van der Waals surface area contributed by atoms with Gasteiger partial charge in [0.25, 0.3) is 0 Å². The number of amides is 2. The second kappa shape index (κ2) is 9.71. The fourth-order valence-corrected chi connectivity index (χ4v) is 3.25. The molecule has 1 fully saturated rings. The molecule has 0 spiro atoms. The summed E-state index contributed by atoms with van der Waals surface area (Å²) in [5.41, 5.74) is 0.270. The van der Waals surface area contributed by atoms with Gasteiger partial charge in [0.2, 0.25) is 11.7 Å². The number of hydrogen-bond acceptors (Lipinski definition) is 6. The first kappa shape index (κ1) is 22.6. The molecule has 0 bridgehead atoms. The van der Waals surface area contributed by atoms with E-state index in [0.29, 0.717) is 36.9 Å². The molecule has 0 aliphatic carbocycles. The summed E-state index contributed by atoms with van der Waals surface area (Å²) in [7, 11) is 4.64. The SMILES string of the molecule is COc1cc(CNC(=O)[C@H]2CCCN(C(=O)OC(C)(C)C)C2)cc(OC)c1OC. The van der Waals surface area contributed by atoms with Crippen molar-refractivity contribution in [1.29, 1.82) is 0 Å². The molecule has 1 aromatic carbocycles. The summed E-state index contributed by atoms with van der Waals surface area (Å²) in [5, 5.41) is 2.95. The minimum Gasteiger partial charge on any atom is -0.493 e. The molecule has 0 saturated carbocycles. The van der Waals surface area contributed by atoms with E-state index in [2.05, 4.69) is 5.32 Å². The van der Waals surface area contributed by atoms with Crippen LogP contribution in [0.5, 0.6) is 17.2 Å². The van der Waals surface area contributed by atoms with Crippen molar-refractivity contribution in [2.45, 2.75) is 45.8 Å². The van der Waals surface area contributed by atoms with Gasteiger partial charge in [0.05, 0.1) is 27.2 Å². The highest BCUT2D eigenvalue weighted by Gasteiger charge is 2.31. The standard InChI is InChI=1S/C21H32N2O6/c1-21(2,3)29-20(25)23-9-7-8-15(13-23)19(24)22-12-14-10-16(26-4)18(28-6)17(11-14)27-5/h10-11,15H,7-9,12-13H2,1-6H3,(H,22,24)/t15-/m0/s1. The maximum atomic E-state index is 12.7. The Morgan fingerprint density at radius 2 is 1.72 bits per heavy atom. The molecule has 162 valence electrons. The zero-order valence-electron chi connectivity index (χ0n) is 18.2. The van der Waals surface area contributed by atoms with Crippen LogP contribution in [-0.2, 0) is 16.1 Å². The molecule has 8 heteroatoms. The molecule has 1 saturated heterocycles. The largest absolute Gasteiger partial charge is 0.493 e. The van der Waals surface area contributed by atoms with Gasteiger partial charge < -0.3 is 29.2 Å². The van der Waals surface area contributed by atoms with Crippen LogP contribution in [0.25, 0.3) is 0 Å². The van der Waals surface area contributed by atoms with Crippen LogP contribution in [0, 0.1) is 5.92 Å². The van der Waals surface area contributed by atoms with Gasteiger partial charge in [0.1, 0.15) is 5.60 Å². The summed E-state index contributed by atoms with van der Waals surface area (Å²) < 4.78 is 21.4. The Hall–Kier alpha value is -2.64. The average Bonchev–Trinajstić information content (AvgIpc) is 2.69. The van der Waals surface area contributed by atoms with Crippen molar-refractivity contribution >= 4 is 12.0 Å². The molecule has 2 rings (SSSR count). The molecule has 1 N–H and O–H groups in total. The second-order valence-corrected chi connectivity index (χ2v) is 8.02. The zero-order chi connectivity index (χ0) is 21.6. The second-order valence-electron chi connectivity index (χ2n) is 8.02. The van der Waals surface area contributed by atoms with Gasteiger partial charge in [-0.15, -0.1) is 0 Å². The number of benzene rings is 1. The quantitative estimate of drug-likeness (QED) is 0.779. The number of carbonyl (C=O) groups is 2. The monoisotopic (exact) mass is 408 g/mol. The van der Waals surface area contributed by atoms with Gasteiger partial charge in [-0.2, -0.15) is 0 Å². The Morgan fingerprint density at radius 3 is 2.24 bits per heavy atom. The topological polar surface area (TPSA) is 86.3 Å². The van der Waals surface area contributed by atoms with Gasteiger partial charge in [-0.1, -0.05) is 0 Å². The first-order valence-corrected chi connectivity index (χ1v) is 9.73. The number of rotatable bonds is 6. The molecular formula is C21H32N2O6. The van der Waals surface area contributed by atoms with E-state index < -0.39 is 5.60 Å².